The normalized spacial score (nSPS) is 23.6. The topological polar surface area (TPSA) is 32.8 Å². The Morgan fingerprint density at radius 2 is 2.00 bits per heavy atom. The summed E-state index contributed by atoms with van der Waals surface area (Å²) in [6.45, 7) is 3.13. The van der Waals surface area contributed by atoms with Crippen molar-refractivity contribution in [3.63, 3.8) is 0 Å². The van der Waals surface area contributed by atoms with Crippen molar-refractivity contribution in [2.75, 3.05) is 29.5 Å². The summed E-state index contributed by atoms with van der Waals surface area (Å²) >= 11 is 1.92. The number of carbonyl (C=O) groups excluding carboxylic acids is 1. The lowest BCUT2D eigenvalue weighted by Gasteiger charge is -2.31. The zero-order valence-corrected chi connectivity index (χ0v) is 11.1. The number of carbonyl (C=O) groups is 1. The van der Waals surface area contributed by atoms with Crippen LogP contribution in [0.4, 0.5) is 15.0 Å². The van der Waals surface area contributed by atoms with Gasteiger partial charge in [0.05, 0.1) is 0 Å². The lowest BCUT2D eigenvalue weighted by atomic mass is 10.0. The van der Waals surface area contributed by atoms with Crippen LogP contribution in [0.2, 0.25) is 0 Å². The lowest BCUT2D eigenvalue weighted by Crippen LogP contribution is -2.33. The summed E-state index contributed by atoms with van der Waals surface area (Å²) in [6.07, 6.45) is -0.950. The average molecular weight is 281 g/mol. The molecule has 2 fully saturated rings. The van der Waals surface area contributed by atoms with E-state index in [1.54, 1.807) is 0 Å². The minimum atomic E-state index is -0.950. The molecule has 0 aliphatic carbocycles. The van der Waals surface area contributed by atoms with E-state index < -0.39 is 12.1 Å². The number of cyclic esters (lactones) is 1. The molecule has 0 aromatic heterocycles. The number of hydrogen-bond acceptors (Lipinski definition) is 4. The molecule has 19 heavy (non-hydrogen) atoms. The summed E-state index contributed by atoms with van der Waals surface area (Å²) in [7, 11) is 0. The van der Waals surface area contributed by atoms with Crippen LogP contribution in [0.3, 0.4) is 0 Å². The quantitative estimate of drug-likeness (QED) is 0.780. The van der Waals surface area contributed by atoms with Gasteiger partial charge in [-0.2, -0.15) is 11.8 Å². The number of halogens is 1. The van der Waals surface area contributed by atoms with Crippen molar-refractivity contribution in [1.29, 1.82) is 0 Å². The van der Waals surface area contributed by atoms with Crippen molar-refractivity contribution in [1.82, 2.24) is 5.12 Å². The van der Waals surface area contributed by atoms with Gasteiger partial charge in [-0.3, -0.25) is 0 Å². The van der Waals surface area contributed by atoms with E-state index in [2.05, 4.69) is 9.64 Å². The Hall–Kier alpha value is -1.43. The standard InChI is InChI=1S/C13H14FN2O2S/c14-16-12(9-18-13(16)17)10-3-1-2-4-11(10)15-5-7-19-8-6-15/h1-4,9,12H,5-8H2. The summed E-state index contributed by atoms with van der Waals surface area (Å²) in [6, 6.07) is 6.84. The summed E-state index contributed by atoms with van der Waals surface area (Å²) in [5.74, 6) is 2.13. The van der Waals surface area contributed by atoms with Gasteiger partial charge < -0.3 is 9.64 Å². The van der Waals surface area contributed by atoms with Gasteiger partial charge >= 0.3 is 6.09 Å². The molecular formula is C13H14FN2O2S. The first-order valence-corrected chi connectivity index (χ1v) is 7.33. The zero-order valence-electron chi connectivity index (χ0n) is 10.3. The van der Waals surface area contributed by atoms with Gasteiger partial charge in [0.1, 0.15) is 6.04 Å². The van der Waals surface area contributed by atoms with Crippen molar-refractivity contribution >= 4 is 23.5 Å². The van der Waals surface area contributed by atoms with Crippen LogP contribution in [0.15, 0.2) is 24.3 Å². The molecule has 1 atom stereocenters. The third kappa shape index (κ3) is 2.36. The van der Waals surface area contributed by atoms with Crippen LogP contribution in [0, 0.1) is 6.61 Å². The van der Waals surface area contributed by atoms with Gasteiger partial charge in [-0.05, 0) is 6.07 Å². The minimum Gasteiger partial charge on any atom is -0.438 e. The predicted octanol–water partition coefficient (Wildman–Crippen LogP) is 2.78. The molecule has 2 aliphatic rings. The van der Waals surface area contributed by atoms with Crippen molar-refractivity contribution in [2.45, 2.75) is 6.04 Å². The number of anilines is 1. The van der Waals surface area contributed by atoms with Crippen LogP contribution >= 0.6 is 11.8 Å². The molecule has 1 unspecified atom stereocenters. The second-order valence-electron chi connectivity index (χ2n) is 4.43. The predicted molar refractivity (Wildman–Crippen MR) is 72.4 cm³/mol. The number of thioether (sulfide) groups is 1. The molecule has 2 saturated heterocycles. The number of nitrogens with zero attached hydrogens (tertiary/aromatic N) is 2. The minimum absolute atomic E-state index is 0.136. The van der Waals surface area contributed by atoms with Crippen LogP contribution in [0.25, 0.3) is 0 Å². The summed E-state index contributed by atoms with van der Waals surface area (Å²) in [5.41, 5.74) is 1.74. The van der Waals surface area contributed by atoms with Crippen LogP contribution in [-0.2, 0) is 4.74 Å². The van der Waals surface area contributed by atoms with E-state index in [-0.39, 0.29) is 5.12 Å². The van der Waals surface area contributed by atoms with Gasteiger partial charge in [0.15, 0.2) is 6.61 Å². The molecule has 2 heterocycles. The smallest absolute Gasteiger partial charge is 0.438 e. The first kappa shape index (κ1) is 12.6. The highest BCUT2D eigenvalue weighted by Crippen LogP contribution is 2.37. The van der Waals surface area contributed by atoms with Gasteiger partial charge in [0.2, 0.25) is 0 Å². The van der Waals surface area contributed by atoms with Gasteiger partial charge in [-0.1, -0.05) is 22.7 Å². The highest BCUT2D eigenvalue weighted by Gasteiger charge is 2.37. The van der Waals surface area contributed by atoms with Crippen molar-refractivity contribution in [3.8, 4) is 0 Å². The van der Waals surface area contributed by atoms with E-state index in [0.717, 1.165) is 35.8 Å². The monoisotopic (exact) mass is 281 g/mol. The Labute approximate surface area is 115 Å². The molecule has 0 saturated carbocycles. The van der Waals surface area contributed by atoms with Gasteiger partial charge in [0, 0.05) is 35.8 Å². The molecule has 1 aromatic rings. The van der Waals surface area contributed by atoms with E-state index in [9.17, 15) is 9.28 Å². The Morgan fingerprint density at radius 1 is 1.26 bits per heavy atom. The molecule has 6 heteroatoms. The number of ether oxygens (including phenoxy) is 1. The van der Waals surface area contributed by atoms with E-state index in [4.69, 9.17) is 0 Å². The van der Waals surface area contributed by atoms with Gasteiger partial charge in [-0.25, -0.2) is 4.79 Å². The maximum absolute atomic E-state index is 13.7. The molecule has 1 aromatic carbocycles. The van der Waals surface area contributed by atoms with Gasteiger partial charge in [0.25, 0.3) is 0 Å². The molecular weight excluding hydrogens is 267 g/mol. The molecule has 0 N–H and O–H groups in total. The Kier molecular flexibility index (Phi) is 3.50. The molecule has 101 valence electrons. The maximum Gasteiger partial charge on any atom is 0.439 e. The highest BCUT2D eigenvalue weighted by molar-refractivity contribution is 7.99. The summed E-state index contributed by atoms with van der Waals surface area (Å²) < 4.78 is 18.4. The third-order valence-corrected chi connectivity index (χ3v) is 4.27. The molecule has 0 spiro atoms. The summed E-state index contributed by atoms with van der Waals surface area (Å²) in [4.78, 5) is 13.4. The fraction of sp³-hybridized carbons (Fsp3) is 0.385. The van der Waals surface area contributed by atoms with Crippen molar-refractivity contribution in [3.05, 3.63) is 36.4 Å². The second-order valence-corrected chi connectivity index (χ2v) is 5.66. The molecule has 4 nitrogen and oxygen atoms in total. The van der Waals surface area contributed by atoms with Crippen LogP contribution in [0.1, 0.15) is 11.6 Å². The average Bonchev–Trinajstić information content (AvgIpc) is 2.80. The first-order valence-electron chi connectivity index (χ1n) is 6.18. The largest absolute Gasteiger partial charge is 0.439 e. The zero-order chi connectivity index (χ0) is 13.2. The fourth-order valence-electron chi connectivity index (χ4n) is 2.37. The fourth-order valence-corrected chi connectivity index (χ4v) is 3.27. The van der Waals surface area contributed by atoms with E-state index >= 15 is 0 Å². The molecule has 2 aliphatic heterocycles. The van der Waals surface area contributed by atoms with E-state index in [1.165, 1.54) is 6.61 Å². The van der Waals surface area contributed by atoms with E-state index in [0.29, 0.717) is 0 Å². The van der Waals surface area contributed by atoms with Crippen molar-refractivity contribution in [2.24, 2.45) is 0 Å². The third-order valence-electron chi connectivity index (χ3n) is 3.32. The number of hydrogen-bond donors (Lipinski definition) is 0. The molecule has 0 bridgehead atoms. The molecule has 3 rings (SSSR count). The number of para-hydroxylation sites is 1. The highest BCUT2D eigenvalue weighted by atomic mass is 32.2. The Bertz CT molecular complexity index is 479. The van der Waals surface area contributed by atoms with Crippen LogP contribution in [0.5, 0.6) is 0 Å². The molecule has 1 radical (unpaired) electrons. The van der Waals surface area contributed by atoms with Crippen LogP contribution < -0.4 is 4.90 Å². The molecule has 1 amide bonds. The maximum atomic E-state index is 13.7. The first-order chi connectivity index (χ1) is 9.27. The SMILES string of the molecule is O=C1O[CH]C(c2ccccc2N2CCSCC2)N1F. The van der Waals surface area contributed by atoms with Crippen LogP contribution in [-0.4, -0.2) is 35.8 Å². The number of rotatable bonds is 2. The van der Waals surface area contributed by atoms with Crippen molar-refractivity contribution < 1.29 is 14.0 Å². The Morgan fingerprint density at radius 3 is 2.68 bits per heavy atom. The van der Waals surface area contributed by atoms with E-state index in [1.807, 2.05) is 36.0 Å². The summed E-state index contributed by atoms with van der Waals surface area (Å²) in [5, 5.41) is 0.136. The second kappa shape index (κ2) is 5.28. The van der Waals surface area contributed by atoms with Gasteiger partial charge in [-0.15, -0.1) is 5.12 Å². The number of amides is 1. The Balaban J connectivity index is 1.90. The number of benzene rings is 1. The lowest BCUT2D eigenvalue weighted by molar-refractivity contribution is 0.0469.